The molecule has 3 aromatic rings. The van der Waals surface area contributed by atoms with Crippen molar-refractivity contribution < 1.29 is 8.42 Å². The van der Waals surface area contributed by atoms with E-state index >= 15 is 0 Å². The number of aromatic nitrogens is 1. The van der Waals surface area contributed by atoms with Gasteiger partial charge in [-0.05, 0) is 31.2 Å². The first kappa shape index (κ1) is 19.8. The summed E-state index contributed by atoms with van der Waals surface area (Å²) in [6.45, 7) is 2.75. The molecule has 2 aromatic carbocycles. The van der Waals surface area contributed by atoms with Gasteiger partial charge in [-0.2, -0.15) is 0 Å². The summed E-state index contributed by atoms with van der Waals surface area (Å²) < 4.78 is 28.3. The highest BCUT2D eigenvalue weighted by atomic mass is 35.5. The van der Waals surface area contributed by atoms with E-state index in [-0.39, 0.29) is 9.92 Å². The summed E-state index contributed by atoms with van der Waals surface area (Å²) in [6.07, 6.45) is 0. The topological polar surface area (TPSA) is 54.7 Å². The molecular weight excluding hydrogens is 402 g/mol. The number of nitrogens with zero attached hydrogens (tertiary/aromatic N) is 3. The van der Waals surface area contributed by atoms with Gasteiger partial charge in [0.25, 0.3) is 0 Å². The van der Waals surface area contributed by atoms with Crippen molar-refractivity contribution in [2.75, 3.05) is 14.1 Å². The first-order valence-electron chi connectivity index (χ1n) is 8.35. The van der Waals surface area contributed by atoms with Gasteiger partial charge in [0, 0.05) is 31.6 Å². The van der Waals surface area contributed by atoms with Gasteiger partial charge < -0.3 is 4.57 Å². The maximum atomic E-state index is 12.6. The molecule has 0 aliphatic rings. The average molecular weight is 422 g/mol. The van der Waals surface area contributed by atoms with Crippen LogP contribution in [0, 0.1) is 0 Å². The lowest BCUT2D eigenvalue weighted by molar-refractivity contribution is 0.521. The van der Waals surface area contributed by atoms with E-state index < -0.39 is 10.0 Å². The Hall–Kier alpha value is -1.93. The molecule has 142 valence electrons. The molecule has 0 saturated heterocycles. The Morgan fingerprint density at radius 2 is 1.85 bits per heavy atom. The van der Waals surface area contributed by atoms with Crippen LogP contribution in [0.25, 0.3) is 11.3 Å². The van der Waals surface area contributed by atoms with Crippen LogP contribution >= 0.6 is 22.9 Å². The number of hydrogen-bond acceptors (Lipinski definition) is 4. The lowest BCUT2D eigenvalue weighted by Crippen LogP contribution is -2.22. The molecule has 1 heterocycles. The standard InChI is InChI=1S/C19H20ClN3O2S2/c1-4-23-17(13-26-19(23)21-15-8-6-5-7-9-15)14-10-11-16(20)18(12-14)27(24,25)22(2)3/h5-13H,4H2,1-3H3. The number of hydrogen-bond donors (Lipinski definition) is 0. The summed E-state index contributed by atoms with van der Waals surface area (Å²) in [5, 5.41) is 2.19. The molecule has 0 N–H and O–H groups in total. The molecule has 0 fully saturated rings. The van der Waals surface area contributed by atoms with Gasteiger partial charge in [0.15, 0.2) is 4.80 Å². The Morgan fingerprint density at radius 3 is 2.48 bits per heavy atom. The van der Waals surface area contributed by atoms with Gasteiger partial charge in [0.2, 0.25) is 10.0 Å². The molecule has 0 atom stereocenters. The molecule has 3 rings (SSSR count). The fourth-order valence-corrected chi connectivity index (χ4v) is 5.01. The summed E-state index contributed by atoms with van der Waals surface area (Å²) in [6, 6.07) is 14.8. The first-order valence-corrected chi connectivity index (χ1v) is 11.0. The SMILES string of the molecule is CCn1c(-c2ccc(Cl)c(S(=O)(=O)N(C)C)c2)csc1=Nc1ccccc1. The van der Waals surface area contributed by atoms with Crippen LogP contribution in [0.3, 0.4) is 0 Å². The van der Waals surface area contributed by atoms with E-state index in [2.05, 4.69) is 4.57 Å². The summed E-state index contributed by atoms with van der Waals surface area (Å²) in [5.41, 5.74) is 2.57. The molecular formula is C19H20ClN3O2S2. The van der Waals surface area contributed by atoms with E-state index in [1.165, 1.54) is 25.4 Å². The zero-order valence-corrected chi connectivity index (χ0v) is 17.6. The van der Waals surface area contributed by atoms with Crippen LogP contribution in [0.1, 0.15) is 6.92 Å². The maximum Gasteiger partial charge on any atom is 0.244 e. The van der Waals surface area contributed by atoms with Gasteiger partial charge in [-0.25, -0.2) is 17.7 Å². The minimum absolute atomic E-state index is 0.0991. The molecule has 0 aliphatic heterocycles. The van der Waals surface area contributed by atoms with Crippen LogP contribution in [-0.4, -0.2) is 31.4 Å². The molecule has 5 nitrogen and oxygen atoms in total. The van der Waals surface area contributed by atoms with Crippen molar-refractivity contribution in [3.05, 3.63) is 63.7 Å². The van der Waals surface area contributed by atoms with Crippen molar-refractivity contribution in [2.24, 2.45) is 4.99 Å². The van der Waals surface area contributed by atoms with Gasteiger partial charge in [-0.3, -0.25) is 0 Å². The van der Waals surface area contributed by atoms with Crippen LogP contribution in [-0.2, 0) is 16.6 Å². The smallest absolute Gasteiger partial charge is 0.244 e. The van der Waals surface area contributed by atoms with Crippen LogP contribution in [0.5, 0.6) is 0 Å². The van der Waals surface area contributed by atoms with Crippen LogP contribution in [0.15, 0.2) is 63.8 Å². The Labute approximate surface area is 168 Å². The van der Waals surface area contributed by atoms with Gasteiger partial charge in [-0.15, -0.1) is 11.3 Å². The minimum atomic E-state index is -3.63. The third-order valence-corrected chi connectivity index (χ3v) is 7.24. The monoisotopic (exact) mass is 421 g/mol. The molecule has 0 radical (unpaired) electrons. The van der Waals surface area contributed by atoms with Crippen LogP contribution in [0.2, 0.25) is 5.02 Å². The van der Waals surface area contributed by atoms with Crippen molar-refractivity contribution in [3.63, 3.8) is 0 Å². The Bertz CT molecular complexity index is 1120. The average Bonchev–Trinajstić information content (AvgIpc) is 3.05. The molecule has 1 aromatic heterocycles. The molecule has 0 saturated carbocycles. The lowest BCUT2D eigenvalue weighted by Gasteiger charge is -2.14. The molecule has 27 heavy (non-hydrogen) atoms. The molecule has 0 bridgehead atoms. The number of sulfonamides is 1. The number of thiazole rings is 1. The molecule has 8 heteroatoms. The van der Waals surface area contributed by atoms with Gasteiger partial charge in [-0.1, -0.05) is 35.9 Å². The van der Waals surface area contributed by atoms with Crippen LogP contribution in [0.4, 0.5) is 5.69 Å². The summed E-state index contributed by atoms with van der Waals surface area (Å²) in [4.78, 5) is 5.66. The third-order valence-electron chi connectivity index (χ3n) is 4.08. The Morgan fingerprint density at radius 1 is 1.15 bits per heavy atom. The van der Waals surface area contributed by atoms with Gasteiger partial charge in [0.1, 0.15) is 4.90 Å². The summed E-state index contributed by atoms with van der Waals surface area (Å²) in [5.74, 6) is 0. The van der Waals surface area contributed by atoms with E-state index in [9.17, 15) is 8.42 Å². The number of benzene rings is 2. The number of halogens is 1. The normalized spacial score (nSPS) is 12.7. The van der Waals surface area contributed by atoms with E-state index in [1.807, 2.05) is 48.7 Å². The largest absolute Gasteiger partial charge is 0.317 e. The fourth-order valence-electron chi connectivity index (χ4n) is 2.63. The maximum absolute atomic E-state index is 12.6. The fraction of sp³-hybridized carbons (Fsp3) is 0.211. The zero-order valence-electron chi connectivity index (χ0n) is 15.3. The summed E-state index contributed by atoms with van der Waals surface area (Å²) >= 11 is 7.69. The highest BCUT2D eigenvalue weighted by Crippen LogP contribution is 2.30. The van der Waals surface area contributed by atoms with Crippen molar-refractivity contribution >= 4 is 38.6 Å². The highest BCUT2D eigenvalue weighted by molar-refractivity contribution is 7.89. The second kappa shape index (κ2) is 7.98. The molecule has 0 amide bonds. The van der Waals surface area contributed by atoms with Gasteiger partial charge >= 0.3 is 0 Å². The predicted molar refractivity (Wildman–Crippen MR) is 111 cm³/mol. The third kappa shape index (κ3) is 4.01. The number of rotatable bonds is 5. The van der Waals surface area contributed by atoms with Crippen molar-refractivity contribution in [1.82, 2.24) is 8.87 Å². The van der Waals surface area contributed by atoms with Crippen LogP contribution < -0.4 is 4.80 Å². The Balaban J connectivity index is 2.15. The zero-order chi connectivity index (χ0) is 19.6. The van der Waals surface area contributed by atoms with Gasteiger partial charge in [0.05, 0.1) is 16.4 Å². The second-order valence-electron chi connectivity index (χ2n) is 6.03. The van der Waals surface area contributed by atoms with Crippen molar-refractivity contribution in [2.45, 2.75) is 18.4 Å². The molecule has 0 unspecified atom stereocenters. The number of para-hydroxylation sites is 1. The highest BCUT2D eigenvalue weighted by Gasteiger charge is 2.22. The molecule has 0 aliphatic carbocycles. The Kier molecular flexibility index (Phi) is 5.86. The quantitative estimate of drug-likeness (QED) is 0.614. The predicted octanol–water partition coefficient (Wildman–Crippen LogP) is 4.37. The van der Waals surface area contributed by atoms with E-state index in [1.54, 1.807) is 12.1 Å². The van der Waals surface area contributed by atoms with E-state index in [4.69, 9.17) is 16.6 Å². The van der Waals surface area contributed by atoms with Crippen molar-refractivity contribution in [3.8, 4) is 11.3 Å². The minimum Gasteiger partial charge on any atom is -0.317 e. The van der Waals surface area contributed by atoms with E-state index in [0.717, 1.165) is 26.1 Å². The van der Waals surface area contributed by atoms with Crippen molar-refractivity contribution in [1.29, 1.82) is 0 Å². The first-order chi connectivity index (χ1) is 12.8. The second-order valence-corrected chi connectivity index (χ2v) is 9.39. The molecule has 0 spiro atoms. The lowest BCUT2D eigenvalue weighted by atomic mass is 10.2. The summed E-state index contributed by atoms with van der Waals surface area (Å²) in [7, 11) is -0.643. The van der Waals surface area contributed by atoms with E-state index in [0.29, 0.717) is 6.54 Å².